The van der Waals surface area contributed by atoms with E-state index < -0.39 is 5.97 Å². The van der Waals surface area contributed by atoms with Crippen molar-refractivity contribution in [3.05, 3.63) is 12.2 Å². The molecule has 0 bridgehead atoms. The van der Waals surface area contributed by atoms with E-state index in [1.807, 2.05) is 12.2 Å². The molecule has 5 nitrogen and oxygen atoms in total. The van der Waals surface area contributed by atoms with Crippen molar-refractivity contribution < 1.29 is 24.5 Å². The molecule has 1 unspecified atom stereocenters. The molecule has 3 atom stereocenters. The Morgan fingerprint density at radius 3 is 2.69 bits per heavy atom. The molecule has 2 N–H and O–H groups in total. The number of unbranched alkanes of at least 4 members (excludes halogenated alkanes) is 4. The molecule has 0 amide bonds. The van der Waals surface area contributed by atoms with Crippen molar-refractivity contribution in [3.8, 4) is 0 Å². The fourth-order valence-electron chi connectivity index (χ4n) is 3.17. The monoisotopic (exact) mass is 370 g/mol. The number of aliphatic carboxylic acids is 1. The van der Waals surface area contributed by atoms with Crippen LogP contribution in [0.25, 0.3) is 0 Å². The van der Waals surface area contributed by atoms with Gasteiger partial charge in [0.1, 0.15) is 0 Å². The Hall–Kier alpha value is -0.910. The Labute approximate surface area is 158 Å². The molecule has 0 saturated carbocycles. The Bertz CT molecular complexity index is 377. The summed E-state index contributed by atoms with van der Waals surface area (Å²) in [4.78, 5) is 10.7. The zero-order valence-corrected chi connectivity index (χ0v) is 16.4. The minimum Gasteiger partial charge on any atom is -0.481 e. The predicted molar refractivity (Wildman–Crippen MR) is 103 cm³/mol. The molecule has 1 heterocycles. The number of hydrogen-bond acceptors (Lipinski definition) is 4. The standard InChI is InChI=1S/C21H38O5/c1-2-3-4-5-6-11-18(22)12-9-13-19(14-10-15-20(23)24)26-21-16-7-8-17-25-21/h9,13,18-19,21-22H,2-8,10-12,14-17H2,1H3,(H,23,24)/b13-9+/t18-,19-,21?/m1/s1. The first-order valence-electron chi connectivity index (χ1n) is 10.5. The van der Waals surface area contributed by atoms with Gasteiger partial charge >= 0.3 is 5.97 Å². The lowest BCUT2D eigenvalue weighted by molar-refractivity contribution is -0.179. The Balaban J connectivity index is 2.31. The highest BCUT2D eigenvalue weighted by Gasteiger charge is 2.18. The molecule has 1 aliphatic rings. The maximum absolute atomic E-state index is 10.7. The molecule has 26 heavy (non-hydrogen) atoms. The first kappa shape index (κ1) is 23.1. The topological polar surface area (TPSA) is 76.0 Å². The first-order chi connectivity index (χ1) is 12.6. The van der Waals surface area contributed by atoms with Crippen LogP contribution in [0.4, 0.5) is 0 Å². The van der Waals surface area contributed by atoms with Gasteiger partial charge in [-0.25, -0.2) is 0 Å². The fourth-order valence-corrected chi connectivity index (χ4v) is 3.17. The third kappa shape index (κ3) is 12.4. The van der Waals surface area contributed by atoms with Crippen molar-refractivity contribution in [2.75, 3.05) is 6.61 Å². The summed E-state index contributed by atoms with van der Waals surface area (Å²) in [5, 5.41) is 18.9. The van der Waals surface area contributed by atoms with Gasteiger partial charge in [-0.15, -0.1) is 0 Å². The number of carboxylic acids is 1. The van der Waals surface area contributed by atoms with Gasteiger partial charge in [0.15, 0.2) is 6.29 Å². The smallest absolute Gasteiger partial charge is 0.303 e. The van der Waals surface area contributed by atoms with Gasteiger partial charge in [-0.1, -0.05) is 51.2 Å². The molecule has 0 spiro atoms. The summed E-state index contributed by atoms with van der Waals surface area (Å²) < 4.78 is 11.6. The summed E-state index contributed by atoms with van der Waals surface area (Å²) in [5.74, 6) is -0.778. The lowest BCUT2D eigenvalue weighted by Crippen LogP contribution is -2.27. The van der Waals surface area contributed by atoms with Gasteiger partial charge in [0.2, 0.25) is 0 Å². The summed E-state index contributed by atoms with van der Waals surface area (Å²) >= 11 is 0. The summed E-state index contributed by atoms with van der Waals surface area (Å²) in [6.07, 6.45) is 15.3. The molecule has 0 aromatic heterocycles. The van der Waals surface area contributed by atoms with Crippen LogP contribution in [0.15, 0.2) is 12.2 Å². The molecule has 152 valence electrons. The lowest BCUT2D eigenvalue weighted by atomic mass is 10.0. The van der Waals surface area contributed by atoms with Crippen LogP contribution < -0.4 is 0 Å². The predicted octanol–water partition coefficient (Wildman–Crippen LogP) is 4.82. The zero-order valence-electron chi connectivity index (χ0n) is 16.4. The summed E-state index contributed by atoms with van der Waals surface area (Å²) in [7, 11) is 0. The van der Waals surface area contributed by atoms with Gasteiger partial charge in [0.25, 0.3) is 0 Å². The van der Waals surface area contributed by atoms with Crippen molar-refractivity contribution in [1.29, 1.82) is 0 Å². The van der Waals surface area contributed by atoms with Crippen molar-refractivity contribution >= 4 is 5.97 Å². The van der Waals surface area contributed by atoms with Crippen molar-refractivity contribution in [2.45, 2.75) is 109 Å². The molecule has 1 saturated heterocycles. The molecule has 0 aromatic carbocycles. The molecule has 0 radical (unpaired) electrons. The molecule has 0 aromatic rings. The van der Waals surface area contributed by atoms with Crippen molar-refractivity contribution in [3.63, 3.8) is 0 Å². The number of carboxylic acid groups (broad SMARTS) is 1. The summed E-state index contributed by atoms with van der Waals surface area (Å²) in [6.45, 7) is 2.93. The largest absolute Gasteiger partial charge is 0.481 e. The minimum absolute atomic E-state index is 0.144. The highest BCUT2D eigenvalue weighted by Crippen LogP contribution is 2.19. The Kier molecular flexibility index (Phi) is 13.5. The maximum atomic E-state index is 10.7. The van der Waals surface area contributed by atoms with E-state index in [1.54, 1.807) is 0 Å². The Morgan fingerprint density at radius 1 is 1.19 bits per heavy atom. The van der Waals surface area contributed by atoms with Crippen LogP contribution in [0.5, 0.6) is 0 Å². The number of ether oxygens (including phenoxy) is 2. The van der Waals surface area contributed by atoms with Gasteiger partial charge in [0.05, 0.1) is 12.2 Å². The first-order valence-corrected chi connectivity index (χ1v) is 10.5. The second-order valence-corrected chi connectivity index (χ2v) is 7.28. The maximum Gasteiger partial charge on any atom is 0.303 e. The van der Waals surface area contributed by atoms with E-state index in [-0.39, 0.29) is 24.9 Å². The van der Waals surface area contributed by atoms with E-state index in [1.165, 1.54) is 25.7 Å². The van der Waals surface area contributed by atoms with E-state index in [4.69, 9.17) is 14.6 Å². The van der Waals surface area contributed by atoms with Crippen LogP contribution in [0.2, 0.25) is 0 Å². The average molecular weight is 371 g/mol. The minimum atomic E-state index is -0.778. The third-order valence-corrected chi connectivity index (χ3v) is 4.74. The number of rotatable bonds is 15. The van der Waals surface area contributed by atoms with E-state index in [0.717, 1.165) is 38.7 Å². The van der Waals surface area contributed by atoms with Crippen LogP contribution in [0.1, 0.15) is 90.4 Å². The fraction of sp³-hybridized carbons (Fsp3) is 0.857. The van der Waals surface area contributed by atoms with E-state index in [2.05, 4.69) is 6.92 Å². The van der Waals surface area contributed by atoms with Crippen LogP contribution in [-0.4, -0.2) is 41.3 Å². The van der Waals surface area contributed by atoms with Gasteiger partial charge in [-0.2, -0.15) is 0 Å². The summed E-state index contributed by atoms with van der Waals surface area (Å²) in [5.41, 5.74) is 0. The molecular formula is C21H38O5. The molecular weight excluding hydrogens is 332 g/mol. The molecule has 1 fully saturated rings. The normalized spacial score (nSPS) is 20.3. The van der Waals surface area contributed by atoms with Gasteiger partial charge in [-0.05, 0) is 44.9 Å². The van der Waals surface area contributed by atoms with E-state index >= 15 is 0 Å². The van der Waals surface area contributed by atoms with Gasteiger partial charge < -0.3 is 19.7 Å². The van der Waals surface area contributed by atoms with Crippen molar-refractivity contribution in [2.24, 2.45) is 0 Å². The van der Waals surface area contributed by atoms with Crippen molar-refractivity contribution in [1.82, 2.24) is 0 Å². The highest BCUT2D eigenvalue weighted by atomic mass is 16.7. The second-order valence-electron chi connectivity index (χ2n) is 7.28. The number of aliphatic hydroxyl groups excluding tert-OH is 1. The number of carbonyl (C=O) groups is 1. The van der Waals surface area contributed by atoms with Gasteiger partial charge in [0, 0.05) is 13.0 Å². The van der Waals surface area contributed by atoms with Crippen LogP contribution >= 0.6 is 0 Å². The number of aliphatic hydroxyl groups is 1. The van der Waals surface area contributed by atoms with E-state index in [9.17, 15) is 9.90 Å². The SMILES string of the molecule is CCCCCCC[C@@H](O)C/C=C/[C@H](CCCC(=O)O)OC1CCCCO1. The van der Waals surface area contributed by atoms with E-state index in [0.29, 0.717) is 19.3 Å². The molecule has 1 aliphatic heterocycles. The third-order valence-electron chi connectivity index (χ3n) is 4.74. The average Bonchev–Trinajstić information content (AvgIpc) is 2.62. The van der Waals surface area contributed by atoms with Crippen LogP contribution in [0.3, 0.4) is 0 Å². The van der Waals surface area contributed by atoms with Gasteiger partial charge in [-0.3, -0.25) is 4.79 Å². The summed E-state index contributed by atoms with van der Waals surface area (Å²) in [6, 6.07) is 0. The quantitative estimate of drug-likeness (QED) is 0.319. The highest BCUT2D eigenvalue weighted by molar-refractivity contribution is 5.66. The zero-order chi connectivity index (χ0) is 19.0. The molecule has 1 rings (SSSR count). The van der Waals surface area contributed by atoms with Crippen LogP contribution in [-0.2, 0) is 14.3 Å². The molecule has 5 heteroatoms. The van der Waals surface area contributed by atoms with Crippen LogP contribution in [0, 0.1) is 0 Å². The second kappa shape index (κ2) is 15.2. The molecule has 0 aliphatic carbocycles. The Morgan fingerprint density at radius 2 is 2.00 bits per heavy atom. The lowest BCUT2D eigenvalue weighted by Gasteiger charge is -2.26. The number of hydrogen-bond donors (Lipinski definition) is 2.